The number of hydrogen-bond acceptors (Lipinski definition) is 4. The number of pyridine rings is 1. The largest absolute Gasteiger partial charge is 0.392 e. The van der Waals surface area contributed by atoms with Gasteiger partial charge in [0.15, 0.2) is 0 Å². The summed E-state index contributed by atoms with van der Waals surface area (Å²) in [5.74, 6) is 0.788. The molecule has 18 heavy (non-hydrogen) atoms. The topological polar surface area (TPSA) is 45.6 Å². The van der Waals surface area contributed by atoms with Gasteiger partial charge in [-0.3, -0.25) is 0 Å². The number of ether oxygens (including phenoxy) is 1. The molecule has 0 aromatic carbocycles. The van der Waals surface area contributed by atoms with Crippen LogP contribution in [0.5, 0.6) is 0 Å². The summed E-state index contributed by atoms with van der Waals surface area (Å²) >= 11 is 6.26. The van der Waals surface area contributed by atoms with Crippen LogP contribution >= 0.6 is 11.6 Å². The van der Waals surface area contributed by atoms with Gasteiger partial charge in [0.1, 0.15) is 5.82 Å². The Hall–Kier alpha value is -0.840. The van der Waals surface area contributed by atoms with E-state index in [1.54, 1.807) is 12.3 Å². The zero-order valence-corrected chi connectivity index (χ0v) is 11.5. The maximum absolute atomic E-state index is 9.07. The van der Waals surface area contributed by atoms with Crippen molar-refractivity contribution in [2.75, 3.05) is 18.1 Å². The quantitative estimate of drug-likeness (QED) is 0.915. The Morgan fingerprint density at radius 3 is 3.00 bits per heavy atom. The third kappa shape index (κ3) is 2.76. The van der Waals surface area contributed by atoms with E-state index in [0.717, 1.165) is 24.3 Å². The highest BCUT2D eigenvalue weighted by Crippen LogP contribution is 2.29. The summed E-state index contributed by atoms with van der Waals surface area (Å²) in [5.41, 5.74) is 0.734. The van der Waals surface area contributed by atoms with Gasteiger partial charge >= 0.3 is 0 Å². The molecule has 1 fully saturated rings. The first kappa shape index (κ1) is 13.6. The number of nitrogens with zero attached hydrogens (tertiary/aromatic N) is 2. The van der Waals surface area contributed by atoms with Crippen LogP contribution in [-0.2, 0) is 11.3 Å². The number of aromatic nitrogens is 1. The maximum atomic E-state index is 9.07. The molecule has 2 atom stereocenters. The highest BCUT2D eigenvalue weighted by Gasteiger charge is 2.27. The summed E-state index contributed by atoms with van der Waals surface area (Å²) in [6, 6.07) is 2.09. The highest BCUT2D eigenvalue weighted by atomic mass is 35.5. The van der Waals surface area contributed by atoms with Gasteiger partial charge in [-0.05, 0) is 25.0 Å². The van der Waals surface area contributed by atoms with Gasteiger partial charge < -0.3 is 14.7 Å². The molecule has 2 rings (SSSR count). The Labute approximate surface area is 113 Å². The van der Waals surface area contributed by atoms with Crippen molar-refractivity contribution in [3.8, 4) is 0 Å². The monoisotopic (exact) mass is 270 g/mol. The lowest BCUT2D eigenvalue weighted by molar-refractivity contribution is 0.0296. The van der Waals surface area contributed by atoms with E-state index in [2.05, 4.69) is 23.7 Å². The van der Waals surface area contributed by atoms with Gasteiger partial charge in [-0.25, -0.2) is 4.98 Å². The molecule has 1 aliphatic heterocycles. The van der Waals surface area contributed by atoms with Crippen LogP contribution in [0.2, 0.25) is 5.02 Å². The van der Waals surface area contributed by atoms with Gasteiger partial charge in [-0.1, -0.05) is 18.5 Å². The molecule has 0 aliphatic carbocycles. The molecule has 0 radical (unpaired) electrons. The number of aliphatic hydroxyl groups is 1. The predicted molar refractivity (Wildman–Crippen MR) is 72.0 cm³/mol. The fraction of sp³-hybridized carbons (Fsp3) is 0.615. The molecule has 1 saturated heterocycles. The van der Waals surface area contributed by atoms with Crippen molar-refractivity contribution >= 4 is 17.4 Å². The van der Waals surface area contributed by atoms with Crippen LogP contribution in [0.25, 0.3) is 0 Å². The van der Waals surface area contributed by atoms with E-state index < -0.39 is 0 Å². The summed E-state index contributed by atoms with van der Waals surface area (Å²) in [7, 11) is 0. The highest BCUT2D eigenvalue weighted by molar-refractivity contribution is 6.33. The first-order chi connectivity index (χ1) is 8.65. The summed E-state index contributed by atoms with van der Waals surface area (Å²) in [5, 5.41) is 9.66. The van der Waals surface area contributed by atoms with Crippen LogP contribution in [0.4, 0.5) is 5.82 Å². The van der Waals surface area contributed by atoms with Crippen LogP contribution in [0.3, 0.4) is 0 Å². The Balaban J connectivity index is 2.27. The third-order valence-corrected chi connectivity index (χ3v) is 3.55. The Morgan fingerprint density at radius 1 is 1.61 bits per heavy atom. The second kappa shape index (κ2) is 5.87. The molecule has 1 aliphatic rings. The normalized spacial score (nSPS) is 24.3. The number of halogens is 1. The Morgan fingerprint density at radius 2 is 2.39 bits per heavy atom. The van der Waals surface area contributed by atoms with Crippen molar-refractivity contribution in [1.82, 2.24) is 4.98 Å². The van der Waals surface area contributed by atoms with Crippen LogP contribution in [-0.4, -0.2) is 35.4 Å². The molecular formula is C13H19ClN2O2. The van der Waals surface area contributed by atoms with E-state index >= 15 is 0 Å². The van der Waals surface area contributed by atoms with Gasteiger partial charge in [0.25, 0.3) is 0 Å². The van der Waals surface area contributed by atoms with Gasteiger partial charge in [0.05, 0.1) is 30.4 Å². The van der Waals surface area contributed by atoms with Crippen molar-refractivity contribution in [2.24, 2.45) is 0 Å². The molecule has 1 aromatic rings. The minimum atomic E-state index is -0.0380. The average Bonchev–Trinajstić information content (AvgIpc) is 2.38. The van der Waals surface area contributed by atoms with E-state index in [-0.39, 0.29) is 12.7 Å². The minimum Gasteiger partial charge on any atom is -0.392 e. The lowest BCUT2D eigenvalue weighted by Crippen LogP contribution is -2.49. The van der Waals surface area contributed by atoms with Gasteiger partial charge in [0.2, 0.25) is 0 Å². The molecule has 2 unspecified atom stereocenters. The fourth-order valence-corrected chi connectivity index (χ4v) is 2.51. The van der Waals surface area contributed by atoms with E-state index in [1.807, 2.05) is 0 Å². The van der Waals surface area contributed by atoms with Crippen LogP contribution < -0.4 is 4.90 Å². The van der Waals surface area contributed by atoms with Crippen molar-refractivity contribution < 1.29 is 9.84 Å². The van der Waals surface area contributed by atoms with E-state index in [0.29, 0.717) is 17.7 Å². The lowest BCUT2D eigenvalue weighted by atomic mass is 10.1. The standard InChI is InChI=1S/C13H19ClN2O2/c1-3-11-8-18-9(2)6-16(11)13-12(14)4-10(7-17)5-15-13/h4-5,9,11,17H,3,6-8H2,1-2H3. The van der Waals surface area contributed by atoms with E-state index in [9.17, 15) is 0 Å². The van der Waals surface area contributed by atoms with Gasteiger partial charge in [-0.2, -0.15) is 0 Å². The molecule has 1 N–H and O–H groups in total. The first-order valence-electron chi connectivity index (χ1n) is 6.29. The number of aliphatic hydroxyl groups excluding tert-OH is 1. The van der Waals surface area contributed by atoms with Crippen molar-refractivity contribution in [2.45, 2.75) is 39.0 Å². The molecule has 5 heteroatoms. The maximum Gasteiger partial charge on any atom is 0.147 e. The van der Waals surface area contributed by atoms with E-state index in [1.165, 1.54) is 0 Å². The van der Waals surface area contributed by atoms with E-state index in [4.69, 9.17) is 21.4 Å². The summed E-state index contributed by atoms with van der Waals surface area (Å²) in [6.45, 7) is 5.65. The summed E-state index contributed by atoms with van der Waals surface area (Å²) < 4.78 is 5.67. The number of rotatable bonds is 3. The summed E-state index contributed by atoms with van der Waals surface area (Å²) in [6.07, 6.45) is 2.85. The molecule has 0 saturated carbocycles. The molecule has 1 aromatic heterocycles. The minimum absolute atomic E-state index is 0.0380. The molecule has 0 spiro atoms. The molecule has 2 heterocycles. The molecule has 0 amide bonds. The van der Waals surface area contributed by atoms with Crippen molar-refractivity contribution in [3.63, 3.8) is 0 Å². The van der Waals surface area contributed by atoms with Gasteiger partial charge in [-0.15, -0.1) is 0 Å². The number of anilines is 1. The zero-order chi connectivity index (χ0) is 13.1. The number of hydrogen-bond donors (Lipinski definition) is 1. The Bertz CT molecular complexity index is 414. The summed E-state index contributed by atoms with van der Waals surface area (Å²) in [4.78, 5) is 6.59. The SMILES string of the molecule is CCC1COC(C)CN1c1ncc(CO)cc1Cl. The second-order valence-corrected chi connectivity index (χ2v) is 5.07. The molecular weight excluding hydrogens is 252 g/mol. The van der Waals surface area contributed by atoms with Crippen LogP contribution in [0.1, 0.15) is 25.8 Å². The Kier molecular flexibility index (Phi) is 4.43. The smallest absolute Gasteiger partial charge is 0.147 e. The molecule has 100 valence electrons. The molecule has 4 nitrogen and oxygen atoms in total. The van der Waals surface area contributed by atoms with Crippen molar-refractivity contribution in [3.05, 3.63) is 22.8 Å². The second-order valence-electron chi connectivity index (χ2n) is 4.67. The fourth-order valence-electron chi connectivity index (χ4n) is 2.21. The van der Waals surface area contributed by atoms with Crippen LogP contribution in [0.15, 0.2) is 12.3 Å². The van der Waals surface area contributed by atoms with Crippen molar-refractivity contribution in [1.29, 1.82) is 0 Å². The third-order valence-electron chi connectivity index (χ3n) is 3.27. The average molecular weight is 271 g/mol. The first-order valence-corrected chi connectivity index (χ1v) is 6.67. The number of morpholine rings is 1. The van der Waals surface area contributed by atoms with Gasteiger partial charge in [0, 0.05) is 12.7 Å². The predicted octanol–water partition coefficient (Wildman–Crippen LogP) is 2.23. The van der Waals surface area contributed by atoms with Crippen LogP contribution in [0, 0.1) is 0 Å². The zero-order valence-electron chi connectivity index (χ0n) is 10.8. The lowest BCUT2D eigenvalue weighted by Gasteiger charge is -2.39. The molecule has 0 bridgehead atoms.